The van der Waals surface area contributed by atoms with Gasteiger partial charge < -0.3 is 5.11 Å². The molecule has 1 aromatic rings. The summed E-state index contributed by atoms with van der Waals surface area (Å²) in [7, 11) is 0. The summed E-state index contributed by atoms with van der Waals surface area (Å²) in [6, 6.07) is 0. The molecular weight excluding hydrogens is 268 g/mol. The second-order valence-corrected chi connectivity index (χ2v) is 5.22. The fourth-order valence-electron chi connectivity index (χ4n) is 1.75. The van der Waals surface area contributed by atoms with E-state index in [2.05, 4.69) is 41.8 Å². The van der Waals surface area contributed by atoms with Crippen LogP contribution in [0.5, 0.6) is 0 Å². The zero-order chi connectivity index (χ0) is 12.1. The lowest BCUT2D eigenvalue weighted by molar-refractivity contribution is 0.135. The van der Waals surface area contributed by atoms with Gasteiger partial charge in [-0.2, -0.15) is 5.10 Å². The monoisotopic (exact) mass is 288 g/mol. The molecule has 16 heavy (non-hydrogen) atoms. The quantitative estimate of drug-likeness (QED) is 0.870. The molecule has 0 aliphatic heterocycles. The van der Waals surface area contributed by atoms with E-state index in [-0.39, 0.29) is 0 Å². The Hall–Kier alpha value is -0.350. The smallest absolute Gasteiger partial charge is 0.0970 e. The minimum atomic E-state index is -0.418. The van der Waals surface area contributed by atoms with E-state index in [1.165, 1.54) is 0 Å². The minimum absolute atomic E-state index is 0.418. The van der Waals surface area contributed by atoms with Crippen LogP contribution in [0.15, 0.2) is 10.7 Å². The van der Waals surface area contributed by atoms with E-state index in [1.807, 2.05) is 4.68 Å². The largest absolute Gasteiger partial charge is 0.387 e. The number of halogens is 1. The number of hydrogen-bond acceptors (Lipinski definition) is 2. The molecule has 3 nitrogen and oxygen atoms in total. The van der Waals surface area contributed by atoms with Crippen LogP contribution in [-0.4, -0.2) is 14.9 Å². The second kappa shape index (κ2) is 6.40. The summed E-state index contributed by atoms with van der Waals surface area (Å²) in [6.45, 7) is 7.28. The molecule has 2 atom stereocenters. The van der Waals surface area contributed by atoms with Crippen LogP contribution in [0.3, 0.4) is 0 Å². The summed E-state index contributed by atoms with van der Waals surface area (Å²) in [5.74, 6) is 0.534. The van der Waals surface area contributed by atoms with Crippen molar-refractivity contribution in [2.24, 2.45) is 5.92 Å². The average Bonchev–Trinajstić information content (AvgIpc) is 2.60. The molecule has 1 N–H and O–H groups in total. The third kappa shape index (κ3) is 3.32. The van der Waals surface area contributed by atoms with Crippen molar-refractivity contribution in [2.75, 3.05) is 0 Å². The Morgan fingerprint density at radius 3 is 2.75 bits per heavy atom. The van der Waals surface area contributed by atoms with E-state index in [4.69, 9.17) is 0 Å². The molecule has 0 radical (unpaired) electrons. The number of aryl methyl sites for hydroxylation is 1. The maximum atomic E-state index is 10.2. The van der Waals surface area contributed by atoms with Crippen LogP contribution in [0.25, 0.3) is 0 Å². The first-order valence-corrected chi connectivity index (χ1v) is 6.78. The van der Waals surface area contributed by atoms with Crippen molar-refractivity contribution in [3.05, 3.63) is 16.4 Å². The van der Waals surface area contributed by atoms with E-state index in [1.54, 1.807) is 6.20 Å². The van der Waals surface area contributed by atoms with Gasteiger partial charge >= 0.3 is 0 Å². The lowest BCUT2D eigenvalue weighted by Crippen LogP contribution is -2.12. The zero-order valence-corrected chi connectivity index (χ0v) is 11.9. The number of hydrogen-bond donors (Lipinski definition) is 1. The fraction of sp³-hybridized carbons (Fsp3) is 0.750. The molecule has 0 aliphatic rings. The average molecular weight is 289 g/mol. The van der Waals surface area contributed by atoms with E-state index in [0.29, 0.717) is 5.92 Å². The van der Waals surface area contributed by atoms with Crippen molar-refractivity contribution >= 4 is 15.9 Å². The highest BCUT2D eigenvalue weighted by Gasteiger charge is 2.19. The summed E-state index contributed by atoms with van der Waals surface area (Å²) in [6.07, 6.45) is 4.27. The van der Waals surface area contributed by atoms with E-state index >= 15 is 0 Å². The number of aliphatic hydroxyl groups excluding tert-OH is 1. The van der Waals surface area contributed by atoms with Gasteiger partial charge in [0, 0.05) is 6.54 Å². The molecule has 4 heteroatoms. The topological polar surface area (TPSA) is 38.0 Å². The molecule has 0 fully saturated rings. The maximum absolute atomic E-state index is 10.2. The highest BCUT2D eigenvalue weighted by atomic mass is 79.9. The lowest BCUT2D eigenvalue weighted by atomic mass is 9.99. The molecule has 0 saturated carbocycles. The van der Waals surface area contributed by atoms with Crippen LogP contribution in [0.2, 0.25) is 0 Å². The Balaban J connectivity index is 2.80. The van der Waals surface area contributed by atoms with Crippen LogP contribution >= 0.6 is 15.9 Å². The first kappa shape index (κ1) is 13.7. The number of aromatic nitrogens is 2. The van der Waals surface area contributed by atoms with Gasteiger partial charge in [0.1, 0.15) is 0 Å². The molecule has 0 aromatic carbocycles. The second-order valence-electron chi connectivity index (χ2n) is 4.37. The fourth-order valence-corrected chi connectivity index (χ4v) is 2.31. The van der Waals surface area contributed by atoms with E-state index < -0.39 is 6.10 Å². The van der Waals surface area contributed by atoms with Crippen LogP contribution in [-0.2, 0) is 6.54 Å². The van der Waals surface area contributed by atoms with Gasteiger partial charge in [0.25, 0.3) is 0 Å². The highest BCUT2D eigenvalue weighted by Crippen LogP contribution is 2.28. The first-order valence-electron chi connectivity index (χ1n) is 5.99. The zero-order valence-electron chi connectivity index (χ0n) is 10.3. The highest BCUT2D eigenvalue weighted by molar-refractivity contribution is 9.10. The maximum Gasteiger partial charge on any atom is 0.0970 e. The van der Waals surface area contributed by atoms with Crippen molar-refractivity contribution in [1.29, 1.82) is 0 Å². The molecule has 1 heterocycles. The minimum Gasteiger partial charge on any atom is -0.387 e. The summed E-state index contributed by atoms with van der Waals surface area (Å²) >= 11 is 3.46. The number of nitrogens with zero attached hydrogens (tertiary/aromatic N) is 2. The van der Waals surface area contributed by atoms with Gasteiger partial charge in [-0.3, -0.25) is 4.68 Å². The molecule has 92 valence electrons. The predicted molar refractivity (Wildman–Crippen MR) is 69.2 cm³/mol. The summed E-state index contributed by atoms with van der Waals surface area (Å²) in [5.41, 5.74) is 0.919. The molecule has 0 amide bonds. The molecule has 0 saturated heterocycles. The van der Waals surface area contributed by atoms with Gasteiger partial charge in [0.2, 0.25) is 0 Å². The molecule has 1 rings (SSSR count). The normalized spacial score (nSPS) is 15.1. The van der Waals surface area contributed by atoms with Crippen LogP contribution in [0.4, 0.5) is 0 Å². The molecule has 0 bridgehead atoms. The van der Waals surface area contributed by atoms with Gasteiger partial charge in [-0.15, -0.1) is 0 Å². The standard InChI is InChI=1S/C12H21BrN2O/c1-4-6-15-12(10(13)8-14-15)11(16)7-9(3)5-2/h8-9,11,16H,4-7H2,1-3H3. The third-order valence-electron chi connectivity index (χ3n) is 2.91. The summed E-state index contributed by atoms with van der Waals surface area (Å²) in [4.78, 5) is 0. The predicted octanol–water partition coefficient (Wildman–Crippen LogP) is 3.53. The van der Waals surface area contributed by atoms with Gasteiger partial charge in [0.15, 0.2) is 0 Å². The molecule has 0 aliphatic carbocycles. The Kier molecular flexibility index (Phi) is 5.49. The van der Waals surface area contributed by atoms with Crippen molar-refractivity contribution in [3.63, 3.8) is 0 Å². The first-order chi connectivity index (χ1) is 7.60. The Bertz CT molecular complexity index is 325. The van der Waals surface area contributed by atoms with Crippen LogP contribution in [0.1, 0.15) is 51.8 Å². The van der Waals surface area contributed by atoms with Crippen molar-refractivity contribution in [2.45, 2.75) is 52.7 Å². The lowest BCUT2D eigenvalue weighted by Gasteiger charge is -2.17. The Morgan fingerprint density at radius 1 is 1.50 bits per heavy atom. The van der Waals surface area contributed by atoms with Crippen molar-refractivity contribution in [1.82, 2.24) is 9.78 Å². The number of rotatable bonds is 6. The van der Waals surface area contributed by atoms with E-state index in [9.17, 15) is 5.11 Å². The SMILES string of the molecule is CCCn1ncc(Br)c1C(O)CC(C)CC. The van der Waals surface area contributed by atoms with Crippen molar-refractivity contribution < 1.29 is 5.11 Å². The van der Waals surface area contributed by atoms with E-state index in [0.717, 1.165) is 36.0 Å². The van der Waals surface area contributed by atoms with Gasteiger partial charge in [0.05, 0.1) is 22.5 Å². The van der Waals surface area contributed by atoms with Gasteiger partial charge in [-0.25, -0.2) is 0 Å². The van der Waals surface area contributed by atoms with Crippen molar-refractivity contribution in [3.8, 4) is 0 Å². The summed E-state index contributed by atoms with van der Waals surface area (Å²) in [5, 5.41) is 14.5. The van der Waals surface area contributed by atoms with Crippen LogP contribution in [0, 0.1) is 5.92 Å². The number of aliphatic hydroxyl groups is 1. The summed E-state index contributed by atoms with van der Waals surface area (Å²) < 4.78 is 2.81. The van der Waals surface area contributed by atoms with Gasteiger partial charge in [-0.05, 0) is 34.7 Å². The molecule has 1 aromatic heterocycles. The Morgan fingerprint density at radius 2 is 2.19 bits per heavy atom. The molecular formula is C12H21BrN2O. The molecule has 2 unspecified atom stereocenters. The molecule has 0 spiro atoms. The van der Waals surface area contributed by atoms with Crippen LogP contribution < -0.4 is 0 Å². The Labute approximate surface area is 106 Å². The third-order valence-corrected chi connectivity index (χ3v) is 3.52. The van der Waals surface area contributed by atoms with Gasteiger partial charge in [-0.1, -0.05) is 27.2 Å².